The Morgan fingerprint density at radius 3 is 2.71 bits per heavy atom. The number of hydrogen-bond donors (Lipinski definition) is 0. The van der Waals surface area contributed by atoms with Crippen molar-refractivity contribution in [2.24, 2.45) is 0 Å². The number of ether oxygens (including phenoxy) is 1. The van der Waals surface area contributed by atoms with E-state index in [1.165, 1.54) is 5.57 Å². The van der Waals surface area contributed by atoms with Gasteiger partial charge in [0, 0.05) is 0 Å². The number of carbonyl (C=O) groups excluding carboxylic acids is 1. The third-order valence-electron chi connectivity index (χ3n) is 2.99. The molecule has 0 fully saturated rings. The first-order valence-electron chi connectivity index (χ1n) is 5.51. The summed E-state index contributed by atoms with van der Waals surface area (Å²) in [4.78, 5) is 11.4. The molecule has 1 aliphatic rings. The van der Waals surface area contributed by atoms with Gasteiger partial charge in [0.05, 0.1) is 21.9 Å². The van der Waals surface area contributed by atoms with E-state index in [0.29, 0.717) is 13.0 Å². The van der Waals surface area contributed by atoms with Crippen LogP contribution in [0.3, 0.4) is 0 Å². The number of allylic oxidation sites excluding steroid dienone is 1. The Balaban J connectivity index is 2.72. The largest absolute Gasteiger partial charge is 0.466 e. The van der Waals surface area contributed by atoms with Gasteiger partial charge in [-0.1, -0.05) is 49.2 Å². The Morgan fingerprint density at radius 2 is 2.29 bits per heavy atom. The molecule has 0 aliphatic carbocycles. The lowest BCUT2D eigenvalue weighted by Gasteiger charge is -2.28. The van der Waals surface area contributed by atoms with E-state index in [-0.39, 0.29) is 14.9 Å². The second-order valence-corrected chi connectivity index (χ2v) is 12.6. The van der Waals surface area contributed by atoms with Crippen LogP contribution in [0.1, 0.15) is 27.2 Å². The van der Waals surface area contributed by atoms with E-state index < -0.39 is 6.04 Å². The summed E-state index contributed by atoms with van der Waals surface area (Å²) < 4.78 is 5.07. The van der Waals surface area contributed by atoms with Crippen LogP contribution in [0.2, 0.25) is 0 Å². The summed E-state index contributed by atoms with van der Waals surface area (Å²) in [6.07, 6.45) is 1.15. The topological polar surface area (TPSA) is 26.3 Å². The van der Waals surface area contributed by atoms with E-state index in [9.17, 15) is 4.79 Å². The van der Waals surface area contributed by atoms with Crippen molar-refractivity contribution >= 4 is 55.7 Å². The molecule has 6 heteroatoms. The number of rotatable bonds is 4. The lowest BCUT2D eigenvalue weighted by molar-refractivity contribution is -0.142. The Bertz CT molecular complexity index is 393. The highest BCUT2D eigenvalue weighted by Gasteiger charge is 2.45. The van der Waals surface area contributed by atoms with Gasteiger partial charge in [-0.25, -0.2) is 0 Å². The molecule has 2 nitrogen and oxygen atoms in total. The molecule has 0 N–H and O–H groups in total. The summed E-state index contributed by atoms with van der Waals surface area (Å²) in [5.74, 6) is 2.04. The summed E-state index contributed by atoms with van der Waals surface area (Å²) in [6.45, 7) is 6.46. The molecule has 0 aromatic rings. The van der Waals surface area contributed by atoms with E-state index in [1.807, 2.05) is 6.92 Å². The fraction of sp³-hybridized carbons (Fsp3) is 0.727. The summed E-state index contributed by atoms with van der Waals surface area (Å²) in [5, 5.41) is 0. The average Bonchev–Trinajstić information content (AvgIpc) is 2.39. The zero-order valence-electron chi connectivity index (χ0n) is 10.2. The van der Waals surface area contributed by atoms with Crippen molar-refractivity contribution < 1.29 is 9.53 Å². The molecule has 98 valence electrons. The minimum atomic E-state index is -1.68. The van der Waals surface area contributed by atoms with Gasteiger partial charge in [0.25, 0.3) is 0 Å². The number of alkyl halides is 2. The predicted molar refractivity (Wildman–Crippen MR) is 84.2 cm³/mol. The van der Waals surface area contributed by atoms with Crippen molar-refractivity contribution in [1.82, 2.24) is 0 Å². The fourth-order valence-electron chi connectivity index (χ4n) is 1.79. The zero-order valence-corrected chi connectivity index (χ0v) is 15.1. The van der Waals surface area contributed by atoms with Gasteiger partial charge in [-0.15, -0.1) is 0 Å². The lowest BCUT2D eigenvalue weighted by atomic mass is 10.1. The third-order valence-corrected chi connectivity index (χ3v) is 13.5. The van der Waals surface area contributed by atoms with Crippen molar-refractivity contribution in [3.8, 4) is 0 Å². The van der Waals surface area contributed by atoms with Crippen molar-refractivity contribution in [3.63, 3.8) is 0 Å². The number of halogens is 2. The van der Waals surface area contributed by atoms with Gasteiger partial charge in [0.1, 0.15) is 0 Å². The van der Waals surface area contributed by atoms with Crippen LogP contribution in [0.5, 0.6) is 0 Å². The summed E-state index contributed by atoms with van der Waals surface area (Å²) in [5.41, 5.74) is 1.26. The van der Waals surface area contributed by atoms with Crippen LogP contribution in [0.15, 0.2) is 11.4 Å². The minimum absolute atomic E-state index is 0.0861. The molecule has 0 aromatic heterocycles. The average molecular weight is 404 g/mol. The summed E-state index contributed by atoms with van der Waals surface area (Å²) >= 11 is 13.2. The lowest BCUT2D eigenvalue weighted by Crippen LogP contribution is -2.25. The molecule has 1 heterocycles. The van der Waals surface area contributed by atoms with Crippen LogP contribution < -0.4 is 0 Å². The monoisotopic (exact) mass is 402 g/mol. The highest BCUT2D eigenvalue weighted by molar-refractivity contribution is 9.13. The first-order valence-corrected chi connectivity index (χ1v) is 10.3. The molecule has 0 aromatic carbocycles. The second kappa shape index (κ2) is 5.85. The van der Waals surface area contributed by atoms with Gasteiger partial charge in [-0.3, -0.25) is 4.79 Å². The van der Waals surface area contributed by atoms with E-state index in [0.717, 1.165) is 6.16 Å². The maximum atomic E-state index is 11.4. The Labute approximate surface area is 125 Å². The first-order chi connectivity index (χ1) is 7.74. The predicted octanol–water partition coefficient (Wildman–Crippen LogP) is 4.21. The van der Waals surface area contributed by atoms with Gasteiger partial charge >= 0.3 is 5.97 Å². The van der Waals surface area contributed by atoms with Gasteiger partial charge in [0.15, 0.2) is 0 Å². The van der Waals surface area contributed by atoms with E-state index in [1.54, 1.807) is 0 Å². The molecule has 3 unspecified atom stereocenters. The maximum Gasteiger partial charge on any atom is 0.306 e. The Kier molecular flexibility index (Phi) is 5.47. The van der Waals surface area contributed by atoms with Gasteiger partial charge in [0.2, 0.25) is 0 Å². The molecule has 0 saturated heterocycles. The van der Waals surface area contributed by atoms with Crippen LogP contribution in [0, 0.1) is 0 Å². The summed E-state index contributed by atoms with van der Waals surface area (Å²) in [6, 6.07) is -1.68. The number of hydrogen-bond acceptors (Lipinski definition) is 3. The summed E-state index contributed by atoms with van der Waals surface area (Å²) in [7, 11) is 0. The molecule has 0 radical (unpaired) electrons. The van der Waals surface area contributed by atoms with Crippen molar-refractivity contribution in [1.29, 1.82) is 0 Å². The van der Waals surface area contributed by atoms with Crippen LogP contribution in [-0.4, -0.2) is 27.6 Å². The zero-order chi connectivity index (χ0) is 13.3. The van der Waals surface area contributed by atoms with Gasteiger partial charge in [-0.2, -0.15) is 0 Å². The number of carbonyl (C=O) groups is 1. The Hall–Kier alpha value is 0.820. The van der Waals surface area contributed by atoms with E-state index >= 15 is 0 Å². The molecule has 0 bridgehead atoms. The molecule has 0 spiro atoms. The van der Waals surface area contributed by atoms with Crippen molar-refractivity contribution in [2.75, 3.05) is 12.8 Å². The number of esters is 1. The second-order valence-electron chi connectivity index (χ2n) is 4.36. The molecule has 3 atom stereocenters. The van der Waals surface area contributed by atoms with Crippen molar-refractivity contribution in [3.05, 3.63) is 11.4 Å². The fourth-order valence-corrected chi connectivity index (χ4v) is 9.27. The molecular formula is C11H17Br2O2PS. The highest BCUT2D eigenvalue weighted by atomic mass is 79.9. The van der Waals surface area contributed by atoms with Gasteiger partial charge in [-0.05, 0) is 38.8 Å². The van der Waals surface area contributed by atoms with Crippen LogP contribution in [0.4, 0.5) is 0 Å². The van der Waals surface area contributed by atoms with E-state index in [2.05, 4.69) is 51.5 Å². The molecule has 0 amide bonds. The van der Waals surface area contributed by atoms with Crippen LogP contribution in [0.25, 0.3) is 0 Å². The molecule has 1 aliphatic heterocycles. The smallest absolute Gasteiger partial charge is 0.306 e. The third kappa shape index (κ3) is 3.43. The van der Waals surface area contributed by atoms with Crippen LogP contribution in [-0.2, 0) is 21.3 Å². The Morgan fingerprint density at radius 1 is 1.71 bits per heavy atom. The van der Waals surface area contributed by atoms with E-state index in [4.69, 9.17) is 16.5 Å². The highest BCUT2D eigenvalue weighted by Crippen LogP contribution is 2.68. The molecular weight excluding hydrogens is 387 g/mol. The molecule has 17 heavy (non-hydrogen) atoms. The molecule has 1 rings (SSSR count). The van der Waals surface area contributed by atoms with Crippen molar-refractivity contribution in [2.45, 2.75) is 36.1 Å². The SMILES string of the molecule is CCOC(=O)CCP1(=S)C=C(C)C(C)(Br)C1Br. The first kappa shape index (κ1) is 15.9. The maximum absolute atomic E-state index is 11.4. The molecule has 0 saturated carbocycles. The van der Waals surface area contributed by atoms with Crippen LogP contribution >= 0.6 is 37.9 Å². The quantitative estimate of drug-likeness (QED) is 0.399. The normalized spacial score (nSPS) is 36.8. The minimum Gasteiger partial charge on any atom is -0.466 e. The standard InChI is InChI=1S/C11H17Br2O2PS/c1-4-15-9(14)5-6-16(17)7-8(2)11(3,13)10(16)12/h7,10H,4-6H2,1-3H3. The van der Waals surface area contributed by atoms with Gasteiger partial charge < -0.3 is 4.74 Å².